The number of rotatable bonds is 8. The Balaban J connectivity index is 0.00000308. The van der Waals surface area contributed by atoms with E-state index < -0.39 is 72.4 Å². The fraction of sp³-hybridized carbons (Fsp3) is 0.0833. The van der Waals surface area contributed by atoms with Crippen LogP contribution in [-0.2, 0) is 40.4 Å². The van der Waals surface area contributed by atoms with E-state index in [1.807, 2.05) is 0 Å². The Morgan fingerprint density at radius 3 is 1.48 bits per heavy atom. The summed E-state index contributed by atoms with van der Waals surface area (Å²) in [5.74, 6) is -0.816. The molecule has 0 aromatic heterocycles. The molecule has 0 aliphatic carbocycles. The standard InChI is InChI=1S/C24H21NO11S4.2Na/c1-15-3-7-18(8-4-15)37(26,27)25-22-13-20(38(28,29)30)11-17-12-21(39(31,32)33)14-23(24(17)22)36-40(34,35)19-9-5-16(2)6-10-19;;/h3-14,25H,1-2H3,(H,28,29,30)(H,31,32,33);;/q;2*+1/p-2. The number of anilines is 1. The fourth-order valence-corrected chi connectivity index (χ4v) is 6.70. The summed E-state index contributed by atoms with van der Waals surface area (Å²) >= 11 is 0. The first kappa shape index (κ1) is 36.7. The van der Waals surface area contributed by atoms with Gasteiger partial charge in [0, 0.05) is 11.5 Å². The minimum atomic E-state index is -5.28. The largest absolute Gasteiger partial charge is 1.00 e. The van der Waals surface area contributed by atoms with Gasteiger partial charge in [-0.3, -0.25) is 4.72 Å². The fourth-order valence-electron chi connectivity index (χ4n) is 3.65. The van der Waals surface area contributed by atoms with E-state index in [1.165, 1.54) is 48.5 Å². The Labute approximate surface area is 287 Å². The molecule has 0 unspecified atom stereocenters. The SMILES string of the molecule is Cc1ccc(S(=O)(=O)Nc2cc(S(=O)(=O)[O-])cc3cc(S(=O)(=O)[O-])cc(OS(=O)(=O)c4ccc(C)cc4)c23)cc1.[Na+].[Na+]. The van der Waals surface area contributed by atoms with Crippen LogP contribution in [0.2, 0.25) is 0 Å². The van der Waals surface area contributed by atoms with Crippen LogP contribution in [0.5, 0.6) is 5.75 Å². The molecule has 0 heterocycles. The van der Waals surface area contributed by atoms with E-state index >= 15 is 0 Å². The molecule has 0 aliphatic rings. The van der Waals surface area contributed by atoms with Crippen molar-refractivity contribution in [3.63, 3.8) is 0 Å². The minimum Gasteiger partial charge on any atom is -0.744 e. The molecule has 0 radical (unpaired) electrons. The number of fused-ring (bicyclic) bond motifs is 1. The van der Waals surface area contributed by atoms with Gasteiger partial charge in [-0.05, 0) is 61.7 Å². The first-order chi connectivity index (χ1) is 18.4. The minimum absolute atomic E-state index is 0. The van der Waals surface area contributed by atoms with Crippen molar-refractivity contribution in [2.24, 2.45) is 0 Å². The molecular weight excluding hydrogens is 653 g/mol. The van der Waals surface area contributed by atoms with Crippen molar-refractivity contribution in [2.75, 3.05) is 4.72 Å². The maximum Gasteiger partial charge on any atom is 1.00 e. The Hall–Kier alpha value is -1.54. The molecular formula is C24H19NNa2O11S4. The molecule has 0 atom stereocenters. The van der Waals surface area contributed by atoms with Crippen LogP contribution in [0.4, 0.5) is 5.69 Å². The predicted octanol–water partition coefficient (Wildman–Crippen LogP) is -3.16. The van der Waals surface area contributed by atoms with Gasteiger partial charge in [-0.2, -0.15) is 8.42 Å². The summed E-state index contributed by atoms with van der Waals surface area (Å²) in [6.07, 6.45) is 0. The average molecular weight is 672 g/mol. The van der Waals surface area contributed by atoms with Gasteiger partial charge in [0.1, 0.15) is 25.1 Å². The molecule has 212 valence electrons. The molecule has 42 heavy (non-hydrogen) atoms. The normalized spacial score (nSPS) is 12.2. The van der Waals surface area contributed by atoms with Crippen molar-refractivity contribution in [2.45, 2.75) is 33.4 Å². The summed E-state index contributed by atoms with van der Waals surface area (Å²) in [5, 5.41) is -0.921. The molecule has 12 nitrogen and oxygen atoms in total. The second-order valence-electron chi connectivity index (χ2n) is 8.67. The molecule has 0 amide bonds. The monoisotopic (exact) mass is 671 g/mol. The van der Waals surface area contributed by atoms with Crippen molar-refractivity contribution < 1.29 is 106 Å². The van der Waals surface area contributed by atoms with Gasteiger partial charge in [0.2, 0.25) is 0 Å². The zero-order valence-corrected chi connectivity index (χ0v) is 29.8. The van der Waals surface area contributed by atoms with E-state index in [0.29, 0.717) is 29.8 Å². The van der Waals surface area contributed by atoms with Gasteiger partial charge >= 0.3 is 69.2 Å². The Morgan fingerprint density at radius 1 is 0.595 bits per heavy atom. The van der Waals surface area contributed by atoms with Gasteiger partial charge in [-0.15, -0.1) is 0 Å². The molecule has 0 saturated carbocycles. The van der Waals surface area contributed by atoms with Gasteiger partial charge in [0.15, 0.2) is 5.75 Å². The van der Waals surface area contributed by atoms with E-state index in [4.69, 9.17) is 4.18 Å². The predicted molar refractivity (Wildman–Crippen MR) is 141 cm³/mol. The van der Waals surface area contributed by atoms with Crippen LogP contribution < -0.4 is 68.0 Å². The Bertz CT molecular complexity index is 1930. The zero-order chi connectivity index (χ0) is 29.7. The molecule has 4 aromatic rings. The van der Waals surface area contributed by atoms with E-state index in [2.05, 4.69) is 4.72 Å². The van der Waals surface area contributed by atoms with Crippen LogP contribution in [0.3, 0.4) is 0 Å². The van der Waals surface area contributed by atoms with Crippen molar-refractivity contribution >= 4 is 56.8 Å². The zero-order valence-electron chi connectivity index (χ0n) is 22.6. The third kappa shape index (κ3) is 8.34. The number of aryl methyl sites for hydroxylation is 2. The van der Waals surface area contributed by atoms with E-state index in [-0.39, 0.29) is 68.9 Å². The molecule has 1 N–H and O–H groups in total. The van der Waals surface area contributed by atoms with Gasteiger partial charge < -0.3 is 13.3 Å². The summed E-state index contributed by atoms with van der Waals surface area (Å²) in [7, 11) is -19.7. The number of hydrogen-bond acceptors (Lipinski definition) is 11. The van der Waals surface area contributed by atoms with Gasteiger partial charge in [-0.25, -0.2) is 25.3 Å². The number of sulfonamides is 1. The average Bonchev–Trinajstić information content (AvgIpc) is 2.82. The van der Waals surface area contributed by atoms with Crippen LogP contribution >= 0.6 is 0 Å². The van der Waals surface area contributed by atoms with Crippen molar-refractivity contribution in [3.8, 4) is 5.75 Å². The number of benzene rings is 4. The van der Waals surface area contributed by atoms with Gasteiger partial charge in [0.05, 0.1) is 20.4 Å². The smallest absolute Gasteiger partial charge is 0.744 e. The molecule has 4 aromatic carbocycles. The van der Waals surface area contributed by atoms with E-state index in [0.717, 1.165) is 5.56 Å². The Kier molecular flexibility index (Phi) is 11.5. The van der Waals surface area contributed by atoms with Crippen LogP contribution in [0.15, 0.2) is 92.4 Å². The van der Waals surface area contributed by atoms with E-state index in [1.54, 1.807) is 13.8 Å². The summed E-state index contributed by atoms with van der Waals surface area (Å²) in [6, 6.07) is 13.3. The number of nitrogens with one attached hydrogen (secondary N) is 1. The van der Waals surface area contributed by atoms with Crippen LogP contribution in [0.25, 0.3) is 10.8 Å². The van der Waals surface area contributed by atoms with Gasteiger partial charge in [0.25, 0.3) is 10.0 Å². The maximum absolute atomic E-state index is 13.2. The number of hydrogen-bond donors (Lipinski definition) is 1. The first-order valence-electron chi connectivity index (χ1n) is 11.0. The van der Waals surface area contributed by atoms with Crippen molar-refractivity contribution in [1.29, 1.82) is 0 Å². The molecule has 18 heteroatoms. The second kappa shape index (κ2) is 13.2. The summed E-state index contributed by atoms with van der Waals surface area (Å²) < 4.78 is 131. The third-order valence-electron chi connectivity index (χ3n) is 5.62. The molecule has 4 rings (SSSR count). The molecule has 0 saturated heterocycles. The van der Waals surface area contributed by atoms with Crippen molar-refractivity contribution in [3.05, 3.63) is 83.9 Å². The third-order valence-corrected chi connectivity index (χ3v) is 9.88. The maximum atomic E-state index is 13.2. The van der Waals surface area contributed by atoms with E-state index in [9.17, 15) is 42.8 Å². The quantitative estimate of drug-likeness (QED) is 0.113. The molecule has 0 aliphatic heterocycles. The summed E-state index contributed by atoms with van der Waals surface area (Å²) in [6.45, 7) is 3.40. The Morgan fingerprint density at radius 2 is 1.02 bits per heavy atom. The molecule has 0 bridgehead atoms. The summed E-state index contributed by atoms with van der Waals surface area (Å²) in [4.78, 5) is -2.64. The van der Waals surface area contributed by atoms with Crippen LogP contribution in [0, 0.1) is 13.8 Å². The van der Waals surface area contributed by atoms with Crippen LogP contribution in [0.1, 0.15) is 11.1 Å². The van der Waals surface area contributed by atoms with Gasteiger partial charge in [-0.1, -0.05) is 35.4 Å². The van der Waals surface area contributed by atoms with Crippen LogP contribution in [-0.4, -0.2) is 42.8 Å². The summed E-state index contributed by atoms with van der Waals surface area (Å²) in [5.41, 5.74) is 0.812. The molecule has 0 fully saturated rings. The molecule has 0 spiro atoms. The second-order valence-corrected chi connectivity index (χ2v) is 14.7. The topological polar surface area (TPSA) is 204 Å². The first-order valence-corrected chi connectivity index (χ1v) is 16.7. The van der Waals surface area contributed by atoms with Crippen molar-refractivity contribution in [1.82, 2.24) is 0 Å².